The maximum Gasteiger partial charge on any atom is 0.108 e. The molecule has 0 spiro atoms. The van der Waals surface area contributed by atoms with Gasteiger partial charge in [0.15, 0.2) is 0 Å². The summed E-state index contributed by atoms with van der Waals surface area (Å²) in [5.74, 6) is 0. The molecular weight excluding hydrogens is 322 g/mol. The zero-order valence-electron chi connectivity index (χ0n) is 16.3. The highest BCUT2D eigenvalue weighted by atomic mass is 16.5. The Hall–Kier alpha value is -1.88. The van der Waals surface area contributed by atoms with Crippen molar-refractivity contribution in [3.63, 3.8) is 0 Å². The van der Waals surface area contributed by atoms with E-state index in [0.29, 0.717) is 6.61 Å². The standard InChI is InChI=1S/C22H31N3O/c1-23(2)17-18-26-22(19-7-5-4-6-8-19)20-9-11-21(12-10-20)25-15-13-24(3)14-16-25/h4-12,22H,13-18H2,1-3H3. The molecule has 1 atom stereocenters. The van der Waals surface area contributed by atoms with Crippen LogP contribution in [0, 0.1) is 0 Å². The Balaban J connectivity index is 1.73. The molecule has 2 aromatic carbocycles. The fraction of sp³-hybridized carbons (Fsp3) is 0.455. The first-order valence-electron chi connectivity index (χ1n) is 9.48. The first kappa shape index (κ1) is 18.9. The monoisotopic (exact) mass is 353 g/mol. The molecule has 1 heterocycles. The molecule has 0 radical (unpaired) electrons. The summed E-state index contributed by atoms with van der Waals surface area (Å²) in [7, 11) is 6.34. The lowest BCUT2D eigenvalue weighted by atomic mass is 10.0. The van der Waals surface area contributed by atoms with Crippen LogP contribution in [0.25, 0.3) is 0 Å². The highest BCUT2D eigenvalue weighted by Crippen LogP contribution is 2.28. The molecule has 1 aliphatic rings. The molecule has 1 aliphatic heterocycles. The van der Waals surface area contributed by atoms with Gasteiger partial charge in [-0.25, -0.2) is 0 Å². The number of hydrogen-bond acceptors (Lipinski definition) is 4. The van der Waals surface area contributed by atoms with Gasteiger partial charge in [-0.2, -0.15) is 0 Å². The molecule has 0 aromatic heterocycles. The van der Waals surface area contributed by atoms with E-state index in [0.717, 1.165) is 32.7 Å². The average molecular weight is 354 g/mol. The third kappa shape index (κ3) is 5.07. The van der Waals surface area contributed by atoms with Crippen LogP contribution in [0.4, 0.5) is 5.69 Å². The van der Waals surface area contributed by atoms with E-state index in [9.17, 15) is 0 Å². The van der Waals surface area contributed by atoms with Crippen molar-refractivity contribution in [1.29, 1.82) is 0 Å². The Labute approximate surface area is 158 Å². The Bertz CT molecular complexity index is 649. The second kappa shape index (κ2) is 9.17. The summed E-state index contributed by atoms with van der Waals surface area (Å²) >= 11 is 0. The van der Waals surface area contributed by atoms with Crippen molar-refractivity contribution in [1.82, 2.24) is 9.80 Å². The van der Waals surface area contributed by atoms with Gasteiger partial charge in [0.2, 0.25) is 0 Å². The molecule has 0 bridgehead atoms. The van der Waals surface area contributed by atoms with Crippen molar-refractivity contribution >= 4 is 5.69 Å². The molecule has 0 N–H and O–H groups in total. The summed E-state index contributed by atoms with van der Waals surface area (Å²) in [5, 5.41) is 0. The minimum absolute atomic E-state index is 0.0160. The molecule has 1 unspecified atom stereocenters. The van der Waals surface area contributed by atoms with Crippen LogP contribution in [0.3, 0.4) is 0 Å². The summed E-state index contributed by atoms with van der Waals surface area (Å²) in [4.78, 5) is 7.00. The van der Waals surface area contributed by atoms with Gasteiger partial charge >= 0.3 is 0 Å². The SMILES string of the molecule is CN(C)CCOC(c1ccccc1)c1ccc(N2CCN(C)CC2)cc1. The zero-order valence-corrected chi connectivity index (χ0v) is 16.3. The van der Waals surface area contributed by atoms with E-state index in [4.69, 9.17) is 4.74 Å². The third-order valence-electron chi connectivity index (χ3n) is 4.99. The zero-order chi connectivity index (χ0) is 18.4. The van der Waals surface area contributed by atoms with Crippen LogP contribution >= 0.6 is 0 Å². The molecule has 4 nitrogen and oxygen atoms in total. The van der Waals surface area contributed by atoms with Gasteiger partial charge < -0.3 is 19.4 Å². The van der Waals surface area contributed by atoms with E-state index in [2.05, 4.69) is 90.4 Å². The number of likely N-dealkylation sites (N-methyl/N-ethyl adjacent to an activating group) is 2. The number of rotatable bonds is 7. The summed E-state index contributed by atoms with van der Waals surface area (Å²) in [6, 6.07) is 19.4. The van der Waals surface area contributed by atoms with E-state index >= 15 is 0 Å². The predicted octanol–water partition coefficient (Wildman–Crippen LogP) is 3.11. The van der Waals surface area contributed by atoms with Gasteiger partial charge in [0, 0.05) is 38.4 Å². The molecule has 0 saturated carbocycles. The van der Waals surface area contributed by atoms with Crippen LogP contribution in [-0.2, 0) is 4.74 Å². The molecule has 0 aliphatic carbocycles. The maximum atomic E-state index is 6.26. The lowest BCUT2D eigenvalue weighted by Gasteiger charge is -2.34. The molecular formula is C22H31N3O. The fourth-order valence-corrected chi connectivity index (χ4v) is 3.29. The van der Waals surface area contributed by atoms with Gasteiger partial charge in [-0.3, -0.25) is 0 Å². The van der Waals surface area contributed by atoms with Crippen molar-refractivity contribution in [3.8, 4) is 0 Å². The van der Waals surface area contributed by atoms with E-state index in [1.54, 1.807) is 0 Å². The van der Waals surface area contributed by atoms with Crippen LogP contribution in [0.5, 0.6) is 0 Å². The molecule has 0 amide bonds. The van der Waals surface area contributed by atoms with Crippen molar-refractivity contribution in [3.05, 3.63) is 65.7 Å². The van der Waals surface area contributed by atoms with Gasteiger partial charge in [0.25, 0.3) is 0 Å². The lowest BCUT2D eigenvalue weighted by molar-refractivity contribution is 0.0687. The van der Waals surface area contributed by atoms with Crippen LogP contribution in [-0.4, -0.2) is 70.3 Å². The second-order valence-corrected chi connectivity index (χ2v) is 7.35. The largest absolute Gasteiger partial charge is 0.369 e. The van der Waals surface area contributed by atoms with Gasteiger partial charge in [0.05, 0.1) is 6.61 Å². The van der Waals surface area contributed by atoms with Crippen molar-refractivity contribution in [2.24, 2.45) is 0 Å². The van der Waals surface area contributed by atoms with Gasteiger partial charge in [-0.05, 0) is 44.4 Å². The van der Waals surface area contributed by atoms with E-state index < -0.39 is 0 Å². The maximum absolute atomic E-state index is 6.26. The number of piperazine rings is 1. The first-order valence-corrected chi connectivity index (χ1v) is 9.48. The molecule has 4 heteroatoms. The van der Waals surface area contributed by atoms with E-state index in [-0.39, 0.29) is 6.10 Å². The molecule has 2 aromatic rings. The van der Waals surface area contributed by atoms with Crippen LogP contribution in [0.1, 0.15) is 17.2 Å². The number of hydrogen-bond donors (Lipinski definition) is 0. The number of nitrogens with zero attached hydrogens (tertiary/aromatic N) is 3. The smallest absolute Gasteiger partial charge is 0.108 e. The number of benzene rings is 2. The quantitative estimate of drug-likeness (QED) is 0.761. The lowest BCUT2D eigenvalue weighted by Crippen LogP contribution is -2.44. The minimum atomic E-state index is -0.0160. The van der Waals surface area contributed by atoms with Gasteiger partial charge in [-0.15, -0.1) is 0 Å². The van der Waals surface area contributed by atoms with Crippen molar-refractivity contribution in [2.75, 3.05) is 65.4 Å². The Morgan fingerprint density at radius 2 is 1.50 bits per heavy atom. The summed E-state index contributed by atoms with van der Waals surface area (Å²) < 4.78 is 6.26. The summed E-state index contributed by atoms with van der Waals surface area (Å²) in [6.45, 7) is 6.08. The van der Waals surface area contributed by atoms with Crippen molar-refractivity contribution < 1.29 is 4.74 Å². The molecule has 140 valence electrons. The Morgan fingerprint density at radius 3 is 2.12 bits per heavy atom. The van der Waals surface area contributed by atoms with Crippen LogP contribution in [0.15, 0.2) is 54.6 Å². The van der Waals surface area contributed by atoms with E-state index in [1.165, 1.54) is 16.8 Å². The second-order valence-electron chi connectivity index (χ2n) is 7.35. The number of anilines is 1. The normalized spacial score (nSPS) is 16.8. The summed E-state index contributed by atoms with van der Waals surface area (Å²) in [5.41, 5.74) is 3.73. The third-order valence-corrected chi connectivity index (χ3v) is 4.99. The predicted molar refractivity (Wildman–Crippen MR) is 109 cm³/mol. The molecule has 1 fully saturated rings. The summed E-state index contributed by atoms with van der Waals surface area (Å²) in [6.07, 6.45) is -0.0160. The van der Waals surface area contributed by atoms with Crippen LogP contribution < -0.4 is 4.90 Å². The minimum Gasteiger partial charge on any atom is -0.369 e. The highest BCUT2D eigenvalue weighted by molar-refractivity contribution is 5.49. The topological polar surface area (TPSA) is 19.0 Å². The fourth-order valence-electron chi connectivity index (χ4n) is 3.29. The Morgan fingerprint density at radius 1 is 0.885 bits per heavy atom. The molecule has 3 rings (SSSR count). The van der Waals surface area contributed by atoms with Gasteiger partial charge in [-0.1, -0.05) is 42.5 Å². The average Bonchev–Trinajstić information content (AvgIpc) is 2.67. The Kier molecular flexibility index (Phi) is 6.67. The van der Waals surface area contributed by atoms with Crippen molar-refractivity contribution in [2.45, 2.75) is 6.10 Å². The van der Waals surface area contributed by atoms with Gasteiger partial charge in [0.1, 0.15) is 6.10 Å². The number of ether oxygens (including phenoxy) is 1. The van der Waals surface area contributed by atoms with E-state index in [1.807, 2.05) is 0 Å². The molecule has 26 heavy (non-hydrogen) atoms. The van der Waals surface area contributed by atoms with Crippen LogP contribution in [0.2, 0.25) is 0 Å². The first-order chi connectivity index (χ1) is 12.6. The highest BCUT2D eigenvalue weighted by Gasteiger charge is 2.17. The molecule has 1 saturated heterocycles.